The van der Waals surface area contributed by atoms with Crippen LogP contribution in [0.2, 0.25) is 10.0 Å². The number of rotatable bonds is 13. The van der Waals surface area contributed by atoms with Crippen molar-refractivity contribution >= 4 is 50.7 Å². The summed E-state index contributed by atoms with van der Waals surface area (Å²) < 4.78 is 29.5. The normalized spacial score (nSPS) is 12.1. The molecule has 10 heteroatoms. The first-order chi connectivity index (χ1) is 21.8. The average molecular weight is 681 g/mol. The van der Waals surface area contributed by atoms with Crippen LogP contribution in [0.3, 0.4) is 0 Å². The number of anilines is 1. The van der Waals surface area contributed by atoms with Crippen molar-refractivity contribution in [2.45, 2.75) is 51.6 Å². The van der Waals surface area contributed by atoms with Crippen LogP contribution < -0.4 is 9.62 Å². The molecule has 0 aliphatic heterocycles. The topological polar surface area (TPSA) is 86.8 Å². The molecule has 4 aromatic rings. The minimum absolute atomic E-state index is 0.0479. The van der Waals surface area contributed by atoms with Gasteiger partial charge in [-0.05, 0) is 72.9 Å². The van der Waals surface area contributed by atoms with E-state index in [1.807, 2.05) is 64.1 Å². The van der Waals surface area contributed by atoms with Crippen molar-refractivity contribution in [1.29, 1.82) is 0 Å². The number of amides is 2. The maximum absolute atomic E-state index is 14.6. The number of sulfonamides is 1. The maximum Gasteiger partial charge on any atom is 0.264 e. The molecule has 0 bridgehead atoms. The fourth-order valence-corrected chi connectivity index (χ4v) is 6.83. The molecule has 2 amide bonds. The third-order valence-electron chi connectivity index (χ3n) is 7.49. The van der Waals surface area contributed by atoms with Gasteiger partial charge in [0.2, 0.25) is 11.8 Å². The van der Waals surface area contributed by atoms with Crippen LogP contribution in [0.4, 0.5) is 5.69 Å². The van der Waals surface area contributed by atoms with E-state index in [1.165, 1.54) is 17.0 Å². The SMILES string of the molecule is Cc1ccc(S(=O)(=O)N(CC(=O)N(Cc2ccc(Cl)cc2Cl)[C@H](Cc2ccccc2)C(=O)NCC(C)C)c2cccc(C)c2)cc1. The van der Waals surface area contributed by atoms with Crippen LogP contribution in [-0.2, 0) is 32.6 Å². The number of carbonyl (C=O) groups is 2. The summed E-state index contributed by atoms with van der Waals surface area (Å²) in [6, 6.07) is 26.8. The Hall–Kier alpha value is -3.85. The van der Waals surface area contributed by atoms with E-state index in [9.17, 15) is 18.0 Å². The van der Waals surface area contributed by atoms with Crippen LogP contribution >= 0.6 is 23.2 Å². The molecule has 1 N–H and O–H groups in total. The molecule has 1 atom stereocenters. The molecule has 0 aliphatic rings. The molecule has 0 fully saturated rings. The smallest absolute Gasteiger partial charge is 0.264 e. The van der Waals surface area contributed by atoms with Crippen molar-refractivity contribution in [2.75, 3.05) is 17.4 Å². The Morgan fingerprint density at radius 2 is 1.52 bits per heavy atom. The van der Waals surface area contributed by atoms with Crippen LogP contribution in [0.5, 0.6) is 0 Å². The number of benzene rings is 4. The Morgan fingerprint density at radius 1 is 0.826 bits per heavy atom. The summed E-state index contributed by atoms with van der Waals surface area (Å²) in [5.41, 5.74) is 3.48. The van der Waals surface area contributed by atoms with Crippen LogP contribution in [0.15, 0.2) is 102 Å². The number of nitrogens with zero attached hydrogens (tertiary/aromatic N) is 2. The molecule has 242 valence electrons. The van der Waals surface area contributed by atoms with Gasteiger partial charge in [0.25, 0.3) is 10.0 Å². The zero-order valence-corrected chi connectivity index (χ0v) is 28.7. The molecule has 0 radical (unpaired) electrons. The zero-order valence-electron chi connectivity index (χ0n) is 26.4. The standard InChI is InChI=1S/C36H39Cl2N3O4S/c1-25(2)22-39-36(43)34(20-28-10-6-5-7-11-28)40(23-29-15-16-30(37)21-33(29)38)35(42)24-41(31-12-8-9-27(4)19-31)46(44,45)32-17-13-26(3)14-18-32/h5-19,21,25,34H,20,22-24H2,1-4H3,(H,39,43)/t34-/m1/s1. The first kappa shape index (κ1) is 35.0. The average Bonchev–Trinajstić information content (AvgIpc) is 3.01. The Kier molecular flexibility index (Phi) is 11.9. The van der Waals surface area contributed by atoms with Crippen LogP contribution in [0, 0.1) is 19.8 Å². The molecule has 0 unspecified atom stereocenters. The monoisotopic (exact) mass is 679 g/mol. The van der Waals surface area contributed by atoms with Crippen molar-refractivity contribution in [3.63, 3.8) is 0 Å². The van der Waals surface area contributed by atoms with E-state index < -0.39 is 28.5 Å². The molecular formula is C36H39Cl2N3O4S. The molecule has 0 aliphatic carbocycles. The summed E-state index contributed by atoms with van der Waals surface area (Å²) in [6.07, 6.45) is 0.205. The third-order valence-corrected chi connectivity index (χ3v) is 9.86. The zero-order chi connectivity index (χ0) is 33.4. The highest BCUT2D eigenvalue weighted by molar-refractivity contribution is 7.92. The number of halogens is 2. The molecule has 4 aromatic carbocycles. The summed E-state index contributed by atoms with van der Waals surface area (Å²) in [5, 5.41) is 3.74. The second-order valence-electron chi connectivity index (χ2n) is 11.8. The largest absolute Gasteiger partial charge is 0.354 e. The molecular weight excluding hydrogens is 641 g/mol. The van der Waals surface area contributed by atoms with E-state index in [-0.39, 0.29) is 29.7 Å². The van der Waals surface area contributed by atoms with Gasteiger partial charge in [-0.3, -0.25) is 13.9 Å². The third kappa shape index (κ3) is 9.12. The Morgan fingerprint density at radius 3 is 2.15 bits per heavy atom. The summed E-state index contributed by atoms with van der Waals surface area (Å²) in [6.45, 7) is 7.50. The van der Waals surface area contributed by atoms with E-state index in [4.69, 9.17) is 23.2 Å². The lowest BCUT2D eigenvalue weighted by Crippen LogP contribution is -2.53. The van der Waals surface area contributed by atoms with Gasteiger partial charge in [-0.2, -0.15) is 0 Å². The van der Waals surface area contributed by atoms with Crippen LogP contribution in [0.1, 0.15) is 36.1 Å². The highest BCUT2D eigenvalue weighted by atomic mass is 35.5. The molecule has 0 heterocycles. The fraction of sp³-hybridized carbons (Fsp3) is 0.278. The Bertz CT molecular complexity index is 1760. The molecule has 7 nitrogen and oxygen atoms in total. The van der Waals surface area contributed by atoms with Gasteiger partial charge in [0.1, 0.15) is 12.6 Å². The Labute approximate surface area is 282 Å². The van der Waals surface area contributed by atoms with Crippen molar-refractivity contribution in [3.05, 3.63) is 129 Å². The molecule has 46 heavy (non-hydrogen) atoms. The molecule has 0 saturated heterocycles. The number of aryl methyl sites for hydroxylation is 2. The van der Waals surface area contributed by atoms with Crippen LogP contribution in [0.25, 0.3) is 0 Å². The summed E-state index contributed by atoms with van der Waals surface area (Å²) >= 11 is 12.8. The van der Waals surface area contributed by atoms with E-state index in [0.29, 0.717) is 27.8 Å². The maximum atomic E-state index is 14.6. The molecule has 0 spiro atoms. The number of hydrogen-bond donors (Lipinski definition) is 1. The van der Waals surface area contributed by atoms with E-state index in [0.717, 1.165) is 21.0 Å². The first-order valence-corrected chi connectivity index (χ1v) is 17.3. The minimum atomic E-state index is -4.19. The second-order valence-corrected chi connectivity index (χ2v) is 14.5. The lowest BCUT2D eigenvalue weighted by molar-refractivity contribution is -0.140. The summed E-state index contributed by atoms with van der Waals surface area (Å²) in [7, 11) is -4.19. The van der Waals surface area contributed by atoms with Gasteiger partial charge in [-0.25, -0.2) is 8.42 Å². The minimum Gasteiger partial charge on any atom is -0.354 e. The predicted octanol–water partition coefficient (Wildman–Crippen LogP) is 7.22. The summed E-state index contributed by atoms with van der Waals surface area (Å²) in [5.74, 6) is -0.740. The van der Waals surface area contributed by atoms with Gasteiger partial charge in [0.15, 0.2) is 0 Å². The number of nitrogens with one attached hydrogen (secondary N) is 1. The predicted molar refractivity (Wildman–Crippen MR) is 186 cm³/mol. The van der Waals surface area contributed by atoms with E-state index >= 15 is 0 Å². The highest BCUT2D eigenvalue weighted by Gasteiger charge is 2.35. The lowest BCUT2D eigenvalue weighted by Gasteiger charge is -2.34. The summed E-state index contributed by atoms with van der Waals surface area (Å²) in [4.78, 5) is 29.9. The lowest BCUT2D eigenvalue weighted by atomic mass is 10.0. The van der Waals surface area contributed by atoms with Gasteiger partial charge in [0, 0.05) is 29.6 Å². The van der Waals surface area contributed by atoms with Gasteiger partial charge in [-0.15, -0.1) is 0 Å². The van der Waals surface area contributed by atoms with Crippen molar-refractivity contribution in [2.24, 2.45) is 5.92 Å². The fourth-order valence-electron chi connectivity index (χ4n) is 4.96. The first-order valence-electron chi connectivity index (χ1n) is 15.1. The van der Waals surface area contributed by atoms with Crippen molar-refractivity contribution in [3.8, 4) is 0 Å². The van der Waals surface area contributed by atoms with Crippen molar-refractivity contribution in [1.82, 2.24) is 10.2 Å². The van der Waals surface area contributed by atoms with E-state index in [2.05, 4.69) is 5.32 Å². The highest BCUT2D eigenvalue weighted by Crippen LogP contribution is 2.28. The quantitative estimate of drug-likeness (QED) is 0.162. The van der Waals surface area contributed by atoms with Gasteiger partial charge < -0.3 is 10.2 Å². The van der Waals surface area contributed by atoms with Gasteiger partial charge >= 0.3 is 0 Å². The van der Waals surface area contributed by atoms with E-state index in [1.54, 1.807) is 48.5 Å². The van der Waals surface area contributed by atoms with Gasteiger partial charge in [-0.1, -0.05) is 103 Å². The molecule has 4 rings (SSSR count). The van der Waals surface area contributed by atoms with Gasteiger partial charge in [0.05, 0.1) is 10.6 Å². The van der Waals surface area contributed by atoms with Crippen LogP contribution in [-0.4, -0.2) is 44.3 Å². The second kappa shape index (κ2) is 15.6. The molecule has 0 aromatic heterocycles. The number of hydrogen-bond acceptors (Lipinski definition) is 4. The van der Waals surface area contributed by atoms with Crippen molar-refractivity contribution < 1.29 is 18.0 Å². The molecule has 0 saturated carbocycles. The number of carbonyl (C=O) groups excluding carboxylic acids is 2. The Balaban J connectivity index is 1.82.